The fourth-order valence-corrected chi connectivity index (χ4v) is 8.14. The Morgan fingerprint density at radius 3 is 2.23 bits per heavy atom. The summed E-state index contributed by atoms with van der Waals surface area (Å²) in [6.45, 7) is 2.96. The Balaban J connectivity index is 1.06. The lowest BCUT2D eigenvalue weighted by Gasteiger charge is -2.58. The second-order valence-corrected chi connectivity index (χ2v) is 12.2. The molecule has 4 bridgehead atoms. The van der Waals surface area contributed by atoms with Gasteiger partial charge in [-0.25, -0.2) is 14.3 Å². The normalized spacial score (nSPS) is 28.4. The number of carbonyl (C=O) groups excluding carboxylic acids is 1. The summed E-state index contributed by atoms with van der Waals surface area (Å²) in [6, 6.07) is 6.38. The van der Waals surface area contributed by atoms with Crippen molar-refractivity contribution in [2.75, 3.05) is 33.3 Å². The van der Waals surface area contributed by atoms with E-state index >= 15 is 0 Å². The number of carboxylic acids is 1. The lowest BCUT2D eigenvalue weighted by Crippen LogP contribution is -2.61. The number of carboxylic acid groups (broad SMARTS) is 1. The molecule has 2 amide bonds. The topological polar surface area (TPSA) is 117 Å². The molecule has 0 radical (unpaired) electrons. The van der Waals surface area contributed by atoms with Crippen LogP contribution in [0.5, 0.6) is 5.75 Å². The van der Waals surface area contributed by atoms with Crippen LogP contribution >= 0.6 is 0 Å². The van der Waals surface area contributed by atoms with Crippen LogP contribution in [0.3, 0.4) is 0 Å². The number of carbonyl (C=O) groups is 2. The van der Waals surface area contributed by atoms with Gasteiger partial charge in [0.2, 0.25) is 0 Å². The predicted molar refractivity (Wildman–Crippen MR) is 149 cm³/mol. The van der Waals surface area contributed by atoms with E-state index in [0.717, 1.165) is 42.3 Å². The Hall–Kier alpha value is -3.40. The number of methoxy groups -OCH3 is 1. The quantitative estimate of drug-likeness (QED) is 0.545. The number of aliphatic carboxylic acids is 1. The van der Waals surface area contributed by atoms with Crippen LogP contribution < -0.4 is 15.6 Å². The fraction of sp³-hybridized carbons (Fsp3) is 0.600. The van der Waals surface area contributed by atoms with Gasteiger partial charge in [0.1, 0.15) is 6.04 Å². The summed E-state index contributed by atoms with van der Waals surface area (Å²) < 4.78 is 6.56. The molecule has 2 N–H and O–H groups in total. The maximum absolute atomic E-state index is 13.1. The number of amides is 2. The molecule has 40 heavy (non-hydrogen) atoms. The Morgan fingerprint density at radius 1 is 1.02 bits per heavy atom. The van der Waals surface area contributed by atoms with Crippen LogP contribution in [0.2, 0.25) is 0 Å². The highest BCUT2D eigenvalue weighted by atomic mass is 16.5. The molecule has 1 aromatic heterocycles. The number of piperazine rings is 1. The summed E-state index contributed by atoms with van der Waals surface area (Å²) in [7, 11) is 3.06. The second-order valence-electron chi connectivity index (χ2n) is 12.2. The van der Waals surface area contributed by atoms with E-state index in [0.29, 0.717) is 36.0 Å². The molecule has 2 heterocycles. The molecule has 214 valence electrons. The van der Waals surface area contributed by atoms with E-state index in [9.17, 15) is 19.5 Å². The van der Waals surface area contributed by atoms with Crippen molar-refractivity contribution in [3.8, 4) is 16.9 Å². The summed E-state index contributed by atoms with van der Waals surface area (Å²) in [5.74, 6) is 2.83. The maximum Gasteiger partial charge on any atom is 0.326 e. The van der Waals surface area contributed by atoms with Crippen molar-refractivity contribution in [2.24, 2.45) is 30.7 Å². The van der Waals surface area contributed by atoms with Crippen LogP contribution in [0.15, 0.2) is 35.3 Å². The van der Waals surface area contributed by atoms with Gasteiger partial charge in [-0.1, -0.05) is 24.3 Å². The lowest BCUT2D eigenvalue weighted by atomic mass is 9.54. The van der Waals surface area contributed by atoms with Gasteiger partial charge in [-0.15, -0.1) is 0 Å². The molecule has 0 unspecified atom stereocenters. The highest BCUT2D eigenvalue weighted by molar-refractivity contribution is 5.83. The molecule has 5 fully saturated rings. The Bertz CT molecular complexity index is 1290. The molecule has 1 aliphatic heterocycles. The van der Waals surface area contributed by atoms with E-state index in [-0.39, 0.29) is 18.0 Å². The van der Waals surface area contributed by atoms with Gasteiger partial charge in [-0.2, -0.15) is 5.10 Å². The van der Waals surface area contributed by atoms with Crippen molar-refractivity contribution in [1.29, 1.82) is 0 Å². The number of urea groups is 1. The molecule has 1 aromatic carbocycles. The molecule has 1 saturated heterocycles. The smallest absolute Gasteiger partial charge is 0.326 e. The van der Waals surface area contributed by atoms with Crippen LogP contribution in [-0.2, 0) is 18.3 Å². The van der Waals surface area contributed by atoms with Crippen molar-refractivity contribution in [3.05, 3.63) is 46.4 Å². The van der Waals surface area contributed by atoms with Crippen molar-refractivity contribution >= 4 is 12.0 Å². The zero-order valence-corrected chi connectivity index (χ0v) is 23.3. The van der Waals surface area contributed by atoms with Gasteiger partial charge in [0.05, 0.1) is 18.9 Å². The molecule has 4 aliphatic carbocycles. The highest BCUT2D eigenvalue weighted by Crippen LogP contribution is 2.55. The van der Waals surface area contributed by atoms with Crippen LogP contribution in [-0.4, -0.2) is 82.1 Å². The summed E-state index contributed by atoms with van der Waals surface area (Å²) in [4.78, 5) is 42.2. The number of hydrogen-bond acceptors (Lipinski definition) is 6. The van der Waals surface area contributed by atoms with Gasteiger partial charge in [0.15, 0.2) is 5.75 Å². The van der Waals surface area contributed by atoms with Gasteiger partial charge >= 0.3 is 12.0 Å². The number of rotatable bonds is 7. The van der Waals surface area contributed by atoms with Gasteiger partial charge in [-0.3, -0.25) is 9.69 Å². The summed E-state index contributed by atoms with van der Waals surface area (Å²) in [5.41, 5.74) is 1.50. The summed E-state index contributed by atoms with van der Waals surface area (Å²) in [6.07, 6.45) is 8.60. The zero-order chi connectivity index (χ0) is 28.0. The fourth-order valence-electron chi connectivity index (χ4n) is 8.14. The average molecular weight is 550 g/mol. The molecule has 4 saturated carbocycles. The van der Waals surface area contributed by atoms with Crippen molar-refractivity contribution in [1.82, 2.24) is 24.9 Å². The molecule has 10 nitrogen and oxygen atoms in total. The maximum atomic E-state index is 13.1. The van der Waals surface area contributed by atoms with Gasteiger partial charge in [0, 0.05) is 45.7 Å². The van der Waals surface area contributed by atoms with E-state index in [4.69, 9.17) is 4.74 Å². The summed E-state index contributed by atoms with van der Waals surface area (Å²) in [5, 5.41) is 16.6. The third kappa shape index (κ3) is 5.09. The molecule has 1 atom stereocenters. The molecular formula is C30H39N5O5. The number of nitrogens with zero attached hydrogens (tertiary/aromatic N) is 4. The first kappa shape index (κ1) is 26.8. The number of nitrogens with one attached hydrogen (secondary N) is 1. The van der Waals surface area contributed by atoms with Gasteiger partial charge in [0.25, 0.3) is 5.56 Å². The first-order chi connectivity index (χ1) is 19.3. The van der Waals surface area contributed by atoms with E-state index in [1.807, 2.05) is 0 Å². The monoisotopic (exact) mass is 549 g/mol. The van der Waals surface area contributed by atoms with E-state index in [1.54, 1.807) is 36.2 Å². The Morgan fingerprint density at radius 2 is 1.65 bits per heavy atom. The van der Waals surface area contributed by atoms with Crippen LogP contribution in [0.25, 0.3) is 11.1 Å². The van der Waals surface area contributed by atoms with Crippen molar-refractivity contribution in [2.45, 2.75) is 50.6 Å². The van der Waals surface area contributed by atoms with Gasteiger partial charge < -0.3 is 20.1 Å². The number of aromatic nitrogens is 2. The Kier molecular flexibility index (Phi) is 7.29. The molecule has 5 aliphatic rings. The first-order valence-electron chi connectivity index (χ1n) is 14.5. The number of ether oxygens (including phenoxy) is 1. The molecular weight excluding hydrogens is 510 g/mol. The third-order valence-corrected chi connectivity index (χ3v) is 9.80. The van der Waals surface area contributed by atoms with Crippen LogP contribution in [0.4, 0.5) is 4.79 Å². The molecule has 0 spiro atoms. The molecule has 10 heteroatoms. The van der Waals surface area contributed by atoms with E-state index < -0.39 is 12.0 Å². The zero-order valence-electron chi connectivity index (χ0n) is 23.3. The standard InChI is InChI=1S/C30H39N5O5/c1-33-28(36)26(25(40-2)17-31-33)21-5-3-18(4-6-21)16-24(29(37)38)32-30(39)35-9-7-34(8-10-35)27-22-12-19-11-20(14-22)15-23(27)13-19/h3-6,17,19-20,22-24,27H,7-16H2,1-2H3,(H,32,39)(H,37,38)/t19?,20?,22?,23?,24-,27?/m0/s1. The third-order valence-electron chi connectivity index (χ3n) is 9.80. The predicted octanol–water partition coefficient (Wildman–Crippen LogP) is 2.60. The largest absolute Gasteiger partial charge is 0.494 e. The van der Waals surface area contributed by atoms with E-state index in [2.05, 4.69) is 15.3 Å². The molecule has 7 rings (SSSR count). The van der Waals surface area contributed by atoms with Crippen LogP contribution in [0.1, 0.15) is 37.7 Å². The highest BCUT2D eigenvalue weighted by Gasteiger charge is 2.50. The number of benzene rings is 1. The second kappa shape index (κ2) is 10.9. The molecule has 2 aromatic rings. The van der Waals surface area contributed by atoms with Crippen molar-refractivity contribution in [3.63, 3.8) is 0 Å². The minimum Gasteiger partial charge on any atom is -0.494 e. The minimum absolute atomic E-state index is 0.139. The van der Waals surface area contributed by atoms with Gasteiger partial charge in [-0.05, 0) is 66.9 Å². The average Bonchev–Trinajstić information content (AvgIpc) is 2.94. The minimum atomic E-state index is -1.07. The number of hydrogen-bond donors (Lipinski definition) is 2. The van der Waals surface area contributed by atoms with Crippen LogP contribution in [0, 0.1) is 23.7 Å². The lowest BCUT2D eigenvalue weighted by molar-refractivity contribution is -0.139. The summed E-state index contributed by atoms with van der Waals surface area (Å²) >= 11 is 0. The van der Waals surface area contributed by atoms with Crippen molar-refractivity contribution < 1.29 is 19.4 Å². The first-order valence-corrected chi connectivity index (χ1v) is 14.5. The number of aryl methyl sites for hydroxylation is 1. The Labute approximate surface area is 234 Å². The van der Waals surface area contributed by atoms with E-state index in [1.165, 1.54) is 50.1 Å². The SMILES string of the molecule is COc1cnn(C)c(=O)c1-c1ccc(C[C@H](NC(=O)N2CCN(C3C4CC5CC(C4)CC3C5)CC2)C(=O)O)cc1.